The van der Waals surface area contributed by atoms with Gasteiger partial charge in [-0.1, -0.05) is 23.4 Å². The molecule has 1 aromatic heterocycles. The van der Waals surface area contributed by atoms with E-state index in [0.29, 0.717) is 22.7 Å². The third-order valence-electron chi connectivity index (χ3n) is 4.77. The van der Waals surface area contributed by atoms with Crippen LogP contribution in [-0.2, 0) is 13.5 Å². The quantitative estimate of drug-likeness (QED) is 0.739. The van der Waals surface area contributed by atoms with Crippen LogP contribution in [0.1, 0.15) is 22.3 Å². The fraction of sp³-hybridized carbons (Fsp3) is 0.316. The Balaban J connectivity index is 0.00000196. The van der Waals surface area contributed by atoms with Gasteiger partial charge in [-0.25, -0.2) is 4.68 Å². The number of anilines is 1. The van der Waals surface area contributed by atoms with E-state index in [1.807, 2.05) is 43.4 Å². The molecule has 4 rings (SSSR count). The van der Waals surface area contributed by atoms with Gasteiger partial charge in [0.15, 0.2) is 0 Å². The molecule has 0 radical (unpaired) electrons. The van der Waals surface area contributed by atoms with Gasteiger partial charge < -0.3 is 10.6 Å². The van der Waals surface area contributed by atoms with Crippen LogP contribution in [0.5, 0.6) is 0 Å². The molecule has 1 fully saturated rings. The summed E-state index contributed by atoms with van der Waals surface area (Å²) >= 11 is 0. The summed E-state index contributed by atoms with van der Waals surface area (Å²) in [6.45, 7) is 2.15. The van der Waals surface area contributed by atoms with Crippen molar-refractivity contribution in [3.05, 3.63) is 53.6 Å². The smallest absolute Gasteiger partial charge is 0.255 e. The first kappa shape index (κ1) is 18.4. The van der Waals surface area contributed by atoms with Crippen LogP contribution >= 0.6 is 12.4 Å². The molecule has 26 heavy (non-hydrogen) atoms. The molecular formula is C19H22ClN5O. The first-order valence-corrected chi connectivity index (χ1v) is 8.60. The topological polar surface area (TPSA) is 71.8 Å². The molecule has 1 aliphatic heterocycles. The van der Waals surface area contributed by atoms with Crippen LogP contribution in [0, 0.1) is 5.92 Å². The van der Waals surface area contributed by atoms with Crippen molar-refractivity contribution in [3.8, 4) is 0 Å². The Morgan fingerprint density at radius 3 is 2.96 bits per heavy atom. The third-order valence-corrected chi connectivity index (χ3v) is 4.77. The second-order valence-electron chi connectivity index (χ2n) is 6.60. The van der Waals surface area contributed by atoms with E-state index in [1.54, 1.807) is 4.68 Å². The van der Waals surface area contributed by atoms with E-state index < -0.39 is 0 Å². The number of hydrogen-bond acceptors (Lipinski definition) is 4. The lowest BCUT2D eigenvalue weighted by molar-refractivity contribution is 0.102. The van der Waals surface area contributed by atoms with Crippen molar-refractivity contribution in [2.24, 2.45) is 13.0 Å². The Bertz CT molecular complexity index is 917. The fourth-order valence-corrected chi connectivity index (χ4v) is 3.41. The van der Waals surface area contributed by atoms with Gasteiger partial charge in [0.05, 0.1) is 11.2 Å². The summed E-state index contributed by atoms with van der Waals surface area (Å²) < 4.78 is 1.70. The second-order valence-corrected chi connectivity index (χ2v) is 6.60. The maximum absolute atomic E-state index is 12.7. The van der Waals surface area contributed by atoms with Crippen molar-refractivity contribution in [3.63, 3.8) is 0 Å². The van der Waals surface area contributed by atoms with Crippen molar-refractivity contribution >= 4 is 35.0 Å². The van der Waals surface area contributed by atoms with Crippen molar-refractivity contribution in [2.45, 2.75) is 12.8 Å². The van der Waals surface area contributed by atoms with Gasteiger partial charge >= 0.3 is 0 Å². The van der Waals surface area contributed by atoms with Crippen LogP contribution in [0.15, 0.2) is 42.5 Å². The molecule has 3 aromatic rings. The Labute approximate surface area is 158 Å². The number of nitrogens with one attached hydrogen (secondary N) is 2. The van der Waals surface area contributed by atoms with Crippen LogP contribution in [0.3, 0.4) is 0 Å². The highest BCUT2D eigenvalue weighted by molar-refractivity contribution is 6.08. The molecule has 136 valence electrons. The number of carbonyl (C=O) groups is 1. The molecule has 0 spiro atoms. The number of rotatable bonds is 4. The predicted octanol–water partition coefficient (Wildman–Crippen LogP) is 2.79. The highest BCUT2D eigenvalue weighted by Gasteiger charge is 2.16. The number of amides is 1. The van der Waals surface area contributed by atoms with Gasteiger partial charge in [-0.3, -0.25) is 4.79 Å². The van der Waals surface area contributed by atoms with Crippen molar-refractivity contribution < 1.29 is 4.79 Å². The van der Waals surface area contributed by atoms with Gasteiger partial charge in [-0.15, -0.1) is 17.5 Å². The number of aryl methyl sites for hydroxylation is 1. The zero-order valence-corrected chi connectivity index (χ0v) is 15.4. The number of benzene rings is 2. The highest BCUT2D eigenvalue weighted by Crippen LogP contribution is 2.21. The van der Waals surface area contributed by atoms with E-state index in [4.69, 9.17) is 0 Å². The minimum atomic E-state index is -0.121. The molecule has 1 aliphatic rings. The predicted molar refractivity (Wildman–Crippen MR) is 105 cm³/mol. The summed E-state index contributed by atoms with van der Waals surface area (Å²) in [4.78, 5) is 12.7. The van der Waals surface area contributed by atoms with Crippen LogP contribution < -0.4 is 10.6 Å². The van der Waals surface area contributed by atoms with Crippen LogP contribution in [-0.4, -0.2) is 34.0 Å². The van der Waals surface area contributed by atoms with Crippen LogP contribution in [0.25, 0.3) is 11.0 Å². The molecule has 2 N–H and O–H groups in total. The zero-order chi connectivity index (χ0) is 17.2. The zero-order valence-electron chi connectivity index (χ0n) is 14.6. The number of nitrogens with zero attached hydrogens (tertiary/aromatic N) is 3. The summed E-state index contributed by atoms with van der Waals surface area (Å²) in [5.41, 5.74) is 4.15. The van der Waals surface area contributed by atoms with E-state index in [9.17, 15) is 4.79 Å². The molecule has 6 nitrogen and oxygen atoms in total. The Morgan fingerprint density at radius 1 is 1.31 bits per heavy atom. The summed E-state index contributed by atoms with van der Waals surface area (Å²) in [7, 11) is 1.84. The fourth-order valence-electron chi connectivity index (χ4n) is 3.41. The van der Waals surface area contributed by atoms with Gasteiger partial charge in [-0.2, -0.15) is 0 Å². The van der Waals surface area contributed by atoms with Gasteiger partial charge in [0.25, 0.3) is 5.91 Å². The molecule has 7 heteroatoms. The highest BCUT2D eigenvalue weighted by atomic mass is 35.5. The first-order chi connectivity index (χ1) is 12.2. The Morgan fingerprint density at radius 2 is 2.15 bits per heavy atom. The van der Waals surface area contributed by atoms with Gasteiger partial charge in [0, 0.05) is 12.6 Å². The molecule has 0 bridgehead atoms. The third kappa shape index (κ3) is 3.71. The monoisotopic (exact) mass is 371 g/mol. The molecule has 2 aromatic carbocycles. The molecule has 1 amide bonds. The maximum atomic E-state index is 12.7. The van der Waals surface area contributed by atoms with E-state index in [-0.39, 0.29) is 18.3 Å². The first-order valence-electron chi connectivity index (χ1n) is 8.60. The minimum Gasteiger partial charge on any atom is -0.320 e. The van der Waals surface area contributed by atoms with Crippen molar-refractivity contribution in [1.82, 2.24) is 20.3 Å². The SMILES string of the molecule is Cl.Cn1nnc2c(NC(=O)c3cccc(CC4CCNC4)c3)cccc21. The van der Waals surface area contributed by atoms with E-state index >= 15 is 0 Å². The molecule has 0 saturated carbocycles. The number of aromatic nitrogens is 3. The lowest BCUT2D eigenvalue weighted by atomic mass is 9.97. The molecule has 1 atom stereocenters. The summed E-state index contributed by atoms with van der Waals surface area (Å²) in [6, 6.07) is 13.6. The average Bonchev–Trinajstić information content (AvgIpc) is 3.26. The van der Waals surface area contributed by atoms with E-state index in [0.717, 1.165) is 25.0 Å². The lowest BCUT2D eigenvalue weighted by Crippen LogP contribution is -2.14. The van der Waals surface area contributed by atoms with Gasteiger partial charge in [0.1, 0.15) is 5.52 Å². The molecule has 1 saturated heterocycles. The van der Waals surface area contributed by atoms with Gasteiger partial charge in [0.2, 0.25) is 0 Å². The second kappa shape index (κ2) is 7.85. The number of hydrogen-bond donors (Lipinski definition) is 2. The van der Waals surface area contributed by atoms with Crippen LogP contribution in [0.4, 0.5) is 5.69 Å². The lowest BCUT2D eigenvalue weighted by Gasteiger charge is -2.10. The number of carbonyl (C=O) groups excluding carboxylic acids is 1. The maximum Gasteiger partial charge on any atom is 0.255 e. The summed E-state index contributed by atoms with van der Waals surface area (Å²) in [5, 5.41) is 14.5. The van der Waals surface area contributed by atoms with Crippen LogP contribution in [0.2, 0.25) is 0 Å². The normalized spacial score (nSPS) is 16.4. The minimum absolute atomic E-state index is 0. The molecule has 1 unspecified atom stereocenters. The standard InChI is InChI=1S/C19H21N5O.ClH/c1-24-17-7-3-6-16(18(17)22-23-24)21-19(25)15-5-2-4-13(11-15)10-14-8-9-20-12-14;/h2-7,11,14,20H,8-10,12H2,1H3,(H,21,25);1H. The number of fused-ring (bicyclic) bond motifs is 1. The van der Waals surface area contributed by atoms with Crippen molar-refractivity contribution in [1.29, 1.82) is 0 Å². The van der Waals surface area contributed by atoms with Crippen molar-refractivity contribution in [2.75, 3.05) is 18.4 Å². The number of halogens is 1. The summed E-state index contributed by atoms with van der Waals surface area (Å²) in [5.74, 6) is 0.538. The Kier molecular flexibility index (Phi) is 5.54. The van der Waals surface area contributed by atoms with E-state index in [2.05, 4.69) is 27.0 Å². The molecule has 0 aliphatic carbocycles. The molecule has 2 heterocycles. The Hall–Kier alpha value is -2.44. The summed E-state index contributed by atoms with van der Waals surface area (Å²) in [6.07, 6.45) is 2.21. The average molecular weight is 372 g/mol. The molecular weight excluding hydrogens is 350 g/mol. The largest absolute Gasteiger partial charge is 0.320 e. The van der Waals surface area contributed by atoms with E-state index in [1.165, 1.54) is 12.0 Å². The van der Waals surface area contributed by atoms with Gasteiger partial charge in [-0.05, 0) is 61.7 Å².